The first kappa shape index (κ1) is 16.3. The third kappa shape index (κ3) is 3.32. The molecule has 0 saturated heterocycles. The molecule has 25 heavy (non-hydrogen) atoms. The van der Waals surface area contributed by atoms with Crippen molar-refractivity contribution >= 4 is 27.0 Å². The quantitative estimate of drug-likeness (QED) is 0.723. The molecule has 1 aliphatic rings. The molecule has 0 bridgehead atoms. The molecule has 0 atom stereocenters. The fourth-order valence-corrected chi connectivity index (χ4v) is 4.92. The summed E-state index contributed by atoms with van der Waals surface area (Å²) in [6, 6.07) is 10.5. The van der Waals surface area contributed by atoms with Crippen LogP contribution in [-0.2, 0) is 10.0 Å². The highest BCUT2D eigenvalue weighted by atomic mass is 32.2. The molecule has 0 aliphatic heterocycles. The third-order valence-corrected chi connectivity index (χ3v) is 7.17. The lowest BCUT2D eigenvalue weighted by molar-refractivity contribution is 0.338. The number of aromatic nitrogens is 2. The first-order chi connectivity index (χ1) is 12.0. The van der Waals surface area contributed by atoms with Crippen LogP contribution in [0.1, 0.15) is 36.6 Å². The lowest BCUT2D eigenvalue weighted by Crippen LogP contribution is -2.11. The van der Waals surface area contributed by atoms with E-state index in [0.717, 1.165) is 29.7 Å². The van der Waals surface area contributed by atoms with Crippen LogP contribution in [0.3, 0.4) is 0 Å². The van der Waals surface area contributed by atoms with Gasteiger partial charge < -0.3 is 4.42 Å². The zero-order valence-corrected chi connectivity index (χ0v) is 15.2. The van der Waals surface area contributed by atoms with E-state index in [4.69, 9.17) is 4.42 Å². The third-order valence-electron chi connectivity index (χ3n) is 4.22. The Morgan fingerprint density at radius 1 is 1.20 bits per heavy atom. The number of hydrogen-bond donors (Lipinski definition) is 1. The molecule has 1 aromatic carbocycles. The Bertz CT molecular complexity index is 1000. The van der Waals surface area contributed by atoms with E-state index in [1.54, 1.807) is 24.3 Å². The second-order valence-corrected chi connectivity index (χ2v) is 9.16. The summed E-state index contributed by atoms with van der Waals surface area (Å²) in [5.41, 5.74) is 1.53. The lowest BCUT2D eigenvalue weighted by Gasteiger charge is -2.20. The number of hydrogen-bond acceptors (Lipinski definition) is 6. The van der Waals surface area contributed by atoms with Gasteiger partial charge in [0, 0.05) is 11.6 Å². The van der Waals surface area contributed by atoms with Crippen molar-refractivity contribution in [2.45, 2.75) is 36.3 Å². The van der Waals surface area contributed by atoms with E-state index in [-0.39, 0.29) is 4.21 Å². The van der Waals surface area contributed by atoms with Crippen LogP contribution in [0.15, 0.2) is 45.0 Å². The Kier molecular flexibility index (Phi) is 4.09. The second kappa shape index (κ2) is 6.27. The summed E-state index contributed by atoms with van der Waals surface area (Å²) in [7, 11) is -3.64. The van der Waals surface area contributed by atoms with Crippen LogP contribution >= 0.6 is 11.3 Å². The van der Waals surface area contributed by atoms with Gasteiger partial charge in [0.15, 0.2) is 0 Å². The molecule has 4 rings (SSSR count). The van der Waals surface area contributed by atoms with E-state index in [0.29, 0.717) is 28.3 Å². The number of nitrogens with zero attached hydrogens (tertiary/aromatic N) is 2. The van der Waals surface area contributed by atoms with Gasteiger partial charge in [-0.2, -0.15) is 0 Å². The molecule has 1 aliphatic carbocycles. The van der Waals surface area contributed by atoms with Gasteiger partial charge in [-0.3, -0.25) is 4.72 Å². The minimum Gasteiger partial charge on any atom is -0.420 e. The van der Waals surface area contributed by atoms with Crippen LogP contribution in [0, 0.1) is 6.92 Å². The van der Waals surface area contributed by atoms with Crippen LogP contribution in [0.2, 0.25) is 0 Å². The highest BCUT2D eigenvalue weighted by Crippen LogP contribution is 2.37. The molecule has 1 fully saturated rings. The number of aryl methyl sites for hydroxylation is 1. The number of anilines is 1. The Morgan fingerprint density at radius 3 is 2.76 bits per heavy atom. The monoisotopic (exact) mass is 375 g/mol. The average molecular weight is 375 g/mol. The van der Waals surface area contributed by atoms with Gasteiger partial charge in [-0.1, -0.05) is 18.6 Å². The molecule has 2 heterocycles. The van der Waals surface area contributed by atoms with Crippen LogP contribution in [0.4, 0.5) is 5.69 Å². The molecule has 6 nitrogen and oxygen atoms in total. The first-order valence-electron chi connectivity index (χ1n) is 8.04. The van der Waals surface area contributed by atoms with Crippen molar-refractivity contribution in [3.05, 3.63) is 47.9 Å². The zero-order valence-electron chi connectivity index (χ0n) is 13.6. The highest BCUT2D eigenvalue weighted by Gasteiger charge is 2.26. The SMILES string of the molecule is Cc1cccc(NS(=O)(=O)c2ccc(-c3nnc(C4CCC4)o3)s2)c1. The Hall–Kier alpha value is -2.19. The second-order valence-electron chi connectivity index (χ2n) is 6.17. The van der Waals surface area contributed by atoms with Crippen LogP contribution in [-0.4, -0.2) is 18.6 Å². The van der Waals surface area contributed by atoms with Gasteiger partial charge in [0.25, 0.3) is 15.9 Å². The van der Waals surface area contributed by atoms with Crippen molar-refractivity contribution in [3.63, 3.8) is 0 Å². The molecule has 8 heteroatoms. The minimum absolute atomic E-state index is 0.215. The maximum Gasteiger partial charge on any atom is 0.271 e. The maximum atomic E-state index is 12.6. The molecule has 3 aromatic rings. The molecule has 0 spiro atoms. The van der Waals surface area contributed by atoms with E-state index >= 15 is 0 Å². The number of rotatable bonds is 5. The first-order valence-corrected chi connectivity index (χ1v) is 10.3. The number of thiophene rings is 1. The van der Waals surface area contributed by atoms with E-state index in [1.165, 1.54) is 6.42 Å². The molecule has 0 unspecified atom stereocenters. The molecule has 1 N–H and O–H groups in total. The number of benzene rings is 1. The van der Waals surface area contributed by atoms with Crippen LogP contribution < -0.4 is 4.72 Å². The van der Waals surface area contributed by atoms with Gasteiger partial charge in [0.05, 0.1) is 4.88 Å². The van der Waals surface area contributed by atoms with Gasteiger partial charge in [-0.15, -0.1) is 21.5 Å². The van der Waals surface area contributed by atoms with Crippen molar-refractivity contribution in [1.29, 1.82) is 0 Å². The maximum absolute atomic E-state index is 12.6. The van der Waals surface area contributed by atoms with E-state index in [2.05, 4.69) is 14.9 Å². The van der Waals surface area contributed by atoms with Gasteiger partial charge in [-0.25, -0.2) is 8.42 Å². The molecular formula is C17H17N3O3S2. The molecule has 0 radical (unpaired) electrons. The predicted octanol–water partition coefficient (Wildman–Crippen LogP) is 4.17. The normalized spacial score (nSPS) is 15.1. The van der Waals surface area contributed by atoms with E-state index < -0.39 is 10.0 Å². The largest absolute Gasteiger partial charge is 0.420 e. The fraction of sp³-hybridized carbons (Fsp3) is 0.294. The molecular weight excluding hydrogens is 358 g/mol. The summed E-state index contributed by atoms with van der Waals surface area (Å²) in [4.78, 5) is 0.655. The van der Waals surface area contributed by atoms with Gasteiger partial charge >= 0.3 is 0 Å². The molecule has 130 valence electrons. The van der Waals surface area contributed by atoms with Crippen molar-refractivity contribution in [3.8, 4) is 10.8 Å². The Labute approximate surface area is 150 Å². The summed E-state index contributed by atoms with van der Waals surface area (Å²) < 4.78 is 33.6. The van der Waals surface area contributed by atoms with Crippen molar-refractivity contribution in [1.82, 2.24) is 10.2 Å². The Morgan fingerprint density at radius 2 is 2.04 bits per heavy atom. The molecule has 0 amide bonds. The van der Waals surface area contributed by atoms with E-state index in [1.807, 2.05) is 19.1 Å². The van der Waals surface area contributed by atoms with Crippen molar-refractivity contribution < 1.29 is 12.8 Å². The Balaban J connectivity index is 1.56. The van der Waals surface area contributed by atoms with Crippen LogP contribution in [0.25, 0.3) is 10.8 Å². The molecule has 1 saturated carbocycles. The summed E-state index contributed by atoms with van der Waals surface area (Å²) in [6.45, 7) is 1.91. The number of nitrogens with one attached hydrogen (secondary N) is 1. The minimum atomic E-state index is -3.64. The van der Waals surface area contributed by atoms with Gasteiger partial charge in [0.2, 0.25) is 5.89 Å². The summed E-state index contributed by atoms with van der Waals surface area (Å²) >= 11 is 1.12. The molecule has 2 aromatic heterocycles. The van der Waals surface area contributed by atoms with Crippen molar-refractivity contribution in [2.24, 2.45) is 0 Å². The van der Waals surface area contributed by atoms with Crippen LogP contribution in [0.5, 0.6) is 0 Å². The van der Waals surface area contributed by atoms with E-state index in [9.17, 15) is 8.42 Å². The summed E-state index contributed by atoms with van der Waals surface area (Å²) in [6.07, 6.45) is 3.34. The van der Waals surface area contributed by atoms with Crippen molar-refractivity contribution in [2.75, 3.05) is 4.72 Å². The number of sulfonamides is 1. The fourth-order valence-electron chi connectivity index (χ4n) is 2.65. The van der Waals surface area contributed by atoms with Gasteiger partial charge in [0.1, 0.15) is 4.21 Å². The van der Waals surface area contributed by atoms with Gasteiger partial charge in [-0.05, 0) is 49.6 Å². The standard InChI is InChI=1S/C17H17N3O3S2/c1-11-4-2-7-13(10-11)20-25(21,22)15-9-8-14(24-15)17-19-18-16(23-17)12-5-3-6-12/h2,4,7-10,12,20H,3,5-6H2,1H3. The zero-order chi connectivity index (χ0) is 17.4. The topological polar surface area (TPSA) is 85.1 Å². The smallest absolute Gasteiger partial charge is 0.271 e. The lowest BCUT2D eigenvalue weighted by atomic mass is 9.85. The summed E-state index contributed by atoms with van der Waals surface area (Å²) in [5.74, 6) is 1.38. The summed E-state index contributed by atoms with van der Waals surface area (Å²) in [5, 5.41) is 8.15. The average Bonchev–Trinajstić information content (AvgIpc) is 3.13. The predicted molar refractivity (Wildman–Crippen MR) is 96.2 cm³/mol. The highest BCUT2D eigenvalue weighted by molar-refractivity contribution is 7.94.